The van der Waals surface area contributed by atoms with Crippen LogP contribution < -0.4 is 5.32 Å². The first kappa shape index (κ1) is 14.3. The Hall–Kier alpha value is -0.750. The molecule has 0 atom stereocenters. The SMILES string of the molecule is CC(CBr)(CBr)NC(=O)c1cc(O)cc(O)c1. The van der Waals surface area contributed by atoms with Gasteiger partial charge in [0.1, 0.15) is 11.5 Å². The third-order valence-corrected chi connectivity index (χ3v) is 4.65. The van der Waals surface area contributed by atoms with Crippen LogP contribution in [0.3, 0.4) is 0 Å². The molecule has 17 heavy (non-hydrogen) atoms. The quantitative estimate of drug-likeness (QED) is 0.716. The van der Waals surface area contributed by atoms with Gasteiger partial charge >= 0.3 is 0 Å². The molecule has 0 saturated carbocycles. The van der Waals surface area contributed by atoms with Crippen molar-refractivity contribution in [3.63, 3.8) is 0 Å². The van der Waals surface area contributed by atoms with E-state index in [1.807, 2.05) is 6.92 Å². The Bertz CT molecular complexity index is 399. The maximum atomic E-state index is 11.9. The van der Waals surface area contributed by atoms with Crippen molar-refractivity contribution in [3.8, 4) is 11.5 Å². The molecule has 0 radical (unpaired) electrons. The van der Waals surface area contributed by atoms with Gasteiger partial charge in [0.15, 0.2) is 0 Å². The van der Waals surface area contributed by atoms with Crippen LogP contribution in [-0.2, 0) is 0 Å². The maximum Gasteiger partial charge on any atom is 0.252 e. The van der Waals surface area contributed by atoms with Crippen LogP contribution in [0.4, 0.5) is 0 Å². The Labute approximate surface area is 116 Å². The lowest BCUT2D eigenvalue weighted by Crippen LogP contribution is -2.48. The van der Waals surface area contributed by atoms with E-state index in [-0.39, 0.29) is 23.0 Å². The third-order valence-electron chi connectivity index (χ3n) is 2.17. The summed E-state index contributed by atoms with van der Waals surface area (Å²) in [7, 11) is 0. The fraction of sp³-hybridized carbons (Fsp3) is 0.364. The van der Waals surface area contributed by atoms with E-state index in [2.05, 4.69) is 37.2 Å². The average Bonchev–Trinajstić information content (AvgIpc) is 2.27. The summed E-state index contributed by atoms with van der Waals surface area (Å²) in [5, 5.41) is 22.6. The van der Waals surface area contributed by atoms with Gasteiger partial charge in [-0.2, -0.15) is 0 Å². The molecule has 0 aliphatic heterocycles. The topological polar surface area (TPSA) is 69.6 Å². The average molecular weight is 367 g/mol. The van der Waals surface area contributed by atoms with Crippen LogP contribution in [0.15, 0.2) is 18.2 Å². The van der Waals surface area contributed by atoms with Crippen molar-refractivity contribution in [2.45, 2.75) is 12.5 Å². The molecule has 4 nitrogen and oxygen atoms in total. The Morgan fingerprint density at radius 1 is 1.24 bits per heavy atom. The molecule has 94 valence electrons. The van der Waals surface area contributed by atoms with Crippen LogP contribution in [0.1, 0.15) is 17.3 Å². The van der Waals surface area contributed by atoms with E-state index in [1.165, 1.54) is 18.2 Å². The summed E-state index contributed by atoms with van der Waals surface area (Å²) in [6.07, 6.45) is 0. The number of nitrogens with one attached hydrogen (secondary N) is 1. The summed E-state index contributed by atoms with van der Waals surface area (Å²) in [5.74, 6) is -0.637. The lowest BCUT2D eigenvalue weighted by atomic mass is 10.1. The molecule has 1 rings (SSSR count). The minimum Gasteiger partial charge on any atom is -0.508 e. The first-order valence-electron chi connectivity index (χ1n) is 4.88. The smallest absolute Gasteiger partial charge is 0.252 e. The number of phenols is 2. The number of alkyl halides is 2. The fourth-order valence-corrected chi connectivity index (χ4v) is 2.38. The van der Waals surface area contributed by atoms with Gasteiger partial charge in [-0.25, -0.2) is 0 Å². The van der Waals surface area contributed by atoms with Crippen LogP contribution in [-0.4, -0.2) is 32.3 Å². The summed E-state index contributed by atoms with van der Waals surface area (Å²) in [6, 6.07) is 3.78. The van der Waals surface area contributed by atoms with Crippen LogP contribution >= 0.6 is 31.9 Å². The molecule has 1 amide bonds. The predicted molar refractivity (Wildman–Crippen MR) is 73.2 cm³/mol. The van der Waals surface area contributed by atoms with E-state index in [9.17, 15) is 15.0 Å². The number of hydrogen-bond acceptors (Lipinski definition) is 3. The van der Waals surface area contributed by atoms with E-state index in [0.29, 0.717) is 10.7 Å². The molecule has 0 saturated heterocycles. The molecule has 0 heterocycles. The van der Waals surface area contributed by atoms with Crippen molar-refractivity contribution in [1.82, 2.24) is 5.32 Å². The van der Waals surface area contributed by atoms with Gasteiger partial charge in [-0.05, 0) is 19.1 Å². The molecule has 6 heteroatoms. The molecule has 1 aromatic rings. The second-order valence-corrected chi connectivity index (χ2v) is 5.14. The zero-order valence-electron chi connectivity index (χ0n) is 9.20. The normalized spacial score (nSPS) is 11.2. The van der Waals surface area contributed by atoms with Gasteiger partial charge in [0, 0.05) is 22.3 Å². The van der Waals surface area contributed by atoms with E-state index < -0.39 is 5.54 Å². The summed E-state index contributed by atoms with van der Waals surface area (Å²) >= 11 is 6.64. The largest absolute Gasteiger partial charge is 0.508 e. The van der Waals surface area contributed by atoms with Gasteiger partial charge in [0.2, 0.25) is 0 Å². The van der Waals surface area contributed by atoms with Gasteiger partial charge in [-0.15, -0.1) is 0 Å². The van der Waals surface area contributed by atoms with E-state index in [4.69, 9.17) is 0 Å². The van der Waals surface area contributed by atoms with Gasteiger partial charge < -0.3 is 15.5 Å². The minimum absolute atomic E-state index is 0.144. The molecular weight excluding hydrogens is 354 g/mol. The summed E-state index contributed by atoms with van der Waals surface area (Å²) < 4.78 is 0. The zero-order chi connectivity index (χ0) is 13.1. The highest BCUT2D eigenvalue weighted by atomic mass is 79.9. The van der Waals surface area contributed by atoms with Gasteiger partial charge in [0.25, 0.3) is 5.91 Å². The van der Waals surface area contributed by atoms with Crippen molar-refractivity contribution in [1.29, 1.82) is 0 Å². The Morgan fingerprint density at radius 3 is 2.12 bits per heavy atom. The fourth-order valence-electron chi connectivity index (χ4n) is 1.18. The number of rotatable bonds is 4. The van der Waals surface area contributed by atoms with Crippen LogP contribution in [0.5, 0.6) is 11.5 Å². The number of phenolic OH excluding ortho intramolecular Hbond substituents is 2. The molecule has 0 fully saturated rings. The predicted octanol–water partition coefficient (Wildman–Crippen LogP) is 2.38. The van der Waals surface area contributed by atoms with Crippen molar-refractivity contribution in [2.24, 2.45) is 0 Å². The van der Waals surface area contributed by atoms with Gasteiger partial charge in [0.05, 0.1) is 5.54 Å². The number of amides is 1. The summed E-state index contributed by atoms with van der Waals surface area (Å²) in [5.41, 5.74) is -0.214. The second-order valence-electron chi connectivity index (χ2n) is 4.02. The van der Waals surface area contributed by atoms with Crippen LogP contribution in [0.25, 0.3) is 0 Å². The number of carbonyl (C=O) groups excluding carboxylic acids is 1. The van der Waals surface area contributed by atoms with Crippen molar-refractivity contribution >= 4 is 37.8 Å². The Morgan fingerprint density at radius 2 is 1.71 bits per heavy atom. The third kappa shape index (κ3) is 3.89. The van der Waals surface area contributed by atoms with Gasteiger partial charge in [-0.3, -0.25) is 4.79 Å². The molecule has 1 aromatic carbocycles. The molecule has 0 spiro atoms. The number of hydrogen-bond donors (Lipinski definition) is 3. The maximum absolute atomic E-state index is 11.9. The monoisotopic (exact) mass is 365 g/mol. The molecule has 3 N–H and O–H groups in total. The van der Waals surface area contributed by atoms with Gasteiger partial charge in [-0.1, -0.05) is 31.9 Å². The first-order chi connectivity index (χ1) is 7.90. The highest BCUT2D eigenvalue weighted by Crippen LogP contribution is 2.21. The Kier molecular flexibility index (Phi) is 4.82. The first-order valence-corrected chi connectivity index (χ1v) is 7.12. The summed E-state index contributed by atoms with van der Waals surface area (Å²) in [6.45, 7) is 1.87. The summed E-state index contributed by atoms with van der Waals surface area (Å²) in [4.78, 5) is 11.9. The molecule has 0 aliphatic rings. The lowest BCUT2D eigenvalue weighted by Gasteiger charge is -2.26. The molecule has 0 aromatic heterocycles. The van der Waals surface area contributed by atoms with Crippen LogP contribution in [0, 0.1) is 0 Å². The van der Waals surface area contributed by atoms with Crippen molar-refractivity contribution in [3.05, 3.63) is 23.8 Å². The van der Waals surface area contributed by atoms with E-state index in [1.54, 1.807) is 0 Å². The highest BCUT2D eigenvalue weighted by molar-refractivity contribution is 9.09. The standard InChI is InChI=1S/C11H13Br2NO3/c1-11(5-12,6-13)14-10(17)7-2-8(15)4-9(16)3-7/h2-4,15-16H,5-6H2,1H3,(H,14,17). The molecule has 0 bridgehead atoms. The minimum atomic E-state index is -0.432. The Balaban J connectivity index is 2.90. The highest BCUT2D eigenvalue weighted by Gasteiger charge is 2.24. The van der Waals surface area contributed by atoms with Crippen molar-refractivity contribution in [2.75, 3.05) is 10.7 Å². The lowest BCUT2D eigenvalue weighted by molar-refractivity contribution is 0.0922. The molecular formula is C11H13Br2NO3. The second kappa shape index (κ2) is 5.73. The van der Waals surface area contributed by atoms with Crippen molar-refractivity contribution < 1.29 is 15.0 Å². The van der Waals surface area contributed by atoms with Crippen LogP contribution in [0.2, 0.25) is 0 Å². The number of halogens is 2. The number of benzene rings is 1. The molecule has 0 aliphatic carbocycles. The number of aromatic hydroxyl groups is 2. The molecule has 0 unspecified atom stereocenters. The number of carbonyl (C=O) groups is 1. The van der Waals surface area contributed by atoms with E-state index >= 15 is 0 Å². The van der Waals surface area contributed by atoms with E-state index in [0.717, 1.165) is 0 Å². The zero-order valence-corrected chi connectivity index (χ0v) is 12.4.